The molecule has 1 heterocycles. The molecule has 0 atom stereocenters. The van der Waals surface area contributed by atoms with Gasteiger partial charge in [-0.1, -0.05) is 6.07 Å². The molecule has 2 N–H and O–H groups in total. The molecule has 3 aromatic rings. The van der Waals surface area contributed by atoms with E-state index >= 15 is 0 Å². The summed E-state index contributed by atoms with van der Waals surface area (Å²) >= 11 is 0. The van der Waals surface area contributed by atoms with Gasteiger partial charge in [0.15, 0.2) is 0 Å². The number of anilines is 1. The summed E-state index contributed by atoms with van der Waals surface area (Å²) in [4.78, 5) is 0. The Balaban J connectivity index is 2.06. The molecule has 0 saturated carbocycles. The fraction of sp³-hybridized carbons (Fsp3) is 0.125. The second-order valence-corrected chi connectivity index (χ2v) is 4.69. The second-order valence-electron chi connectivity index (χ2n) is 4.69. The average molecular weight is 270 g/mol. The number of benzene rings is 2. The third-order valence-corrected chi connectivity index (χ3v) is 3.41. The van der Waals surface area contributed by atoms with E-state index in [-0.39, 0.29) is 5.82 Å². The van der Waals surface area contributed by atoms with E-state index in [9.17, 15) is 4.39 Å². The summed E-state index contributed by atoms with van der Waals surface area (Å²) in [5.41, 5.74) is 8.33. The van der Waals surface area contributed by atoms with Crippen LogP contribution in [0, 0.1) is 5.82 Å². The lowest BCUT2D eigenvalue weighted by Gasteiger charge is -2.11. The molecule has 2 aromatic carbocycles. The van der Waals surface area contributed by atoms with Crippen LogP contribution in [0.25, 0.3) is 10.9 Å². The zero-order valence-corrected chi connectivity index (χ0v) is 11.1. The van der Waals surface area contributed by atoms with E-state index in [1.54, 1.807) is 25.3 Å². The minimum Gasteiger partial charge on any atom is -0.496 e. The van der Waals surface area contributed by atoms with Gasteiger partial charge in [-0.2, -0.15) is 0 Å². The van der Waals surface area contributed by atoms with Gasteiger partial charge in [-0.05, 0) is 36.4 Å². The van der Waals surface area contributed by atoms with E-state index in [4.69, 9.17) is 10.5 Å². The Hall–Kier alpha value is -2.49. The zero-order valence-electron chi connectivity index (χ0n) is 11.1. The minimum atomic E-state index is -0.208. The van der Waals surface area contributed by atoms with Gasteiger partial charge in [0.1, 0.15) is 11.6 Å². The molecule has 1 aromatic heterocycles. The van der Waals surface area contributed by atoms with Gasteiger partial charge in [0, 0.05) is 22.8 Å². The number of aromatic nitrogens is 1. The van der Waals surface area contributed by atoms with Gasteiger partial charge in [0.25, 0.3) is 0 Å². The van der Waals surface area contributed by atoms with Crippen LogP contribution in [0.15, 0.2) is 48.7 Å². The average Bonchev–Trinajstić information content (AvgIpc) is 2.84. The van der Waals surface area contributed by atoms with Crippen molar-refractivity contribution in [2.24, 2.45) is 0 Å². The number of hydrogen-bond acceptors (Lipinski definition) is 2. The maximum atomic E-state index is 13.7. The normalized spacial score (nSPS) is 10.9. The SMILES string of the molecule is COc1ccc(N)cc1Cn1ccc2c(F)cccc21. The van der Waals surface area contributed by atoms with Gasteiger partial charge in [0.2, 0.25) is 0 Å². The number of hydrogen-bond donors (Lipinski definition) is 1. The predicted octanol–water partition coefficient (Wildman–Crippen LogP) is 3.42. The Kier molecular flexibility index (Phi) is 3.06. The van der Waals surface area contributed by atoms with Crippen molar-refractivity contribution in [2.45, 2.75) is 6.54 Å². The molecular weight excluding hydrogens is 255 g/mol. The summed E-state index contributed by atoms with van der Waals surface area (Å²) in [6.07, 6.45) is 1.87. The van der Waals surface area contributed by atoms with Gasteiger partial charge in [-0.3, -0.25) is 0 Å². The van der Waals surface area contributed by atoms with Crippen molar-refractivity contribution in [3.8, 4) is 5.75 Å². The van der Waals surface area contributed by atoms with Crippen molar-refractivity contribution in [1.29, 1.82) is 0 Å². The molecule has 20 heavy (non-hydrogen) atoms. The predicted molar refractivity (Wildman–Crippen MR) is 78.4 cm³/mol. The first-order valence-electron chi connectivity index (χ1n) is 6.35. The van der Waals surface area contributed by atoms with Gasteiger partial charge in [0.05, 0.1) is 19.2 Å². The quantitative estimate of drug-likeness (QED) is 0.741. The fourth-order valence-electron chi connectivity index (χ4n) is 2.43. The molecule has 3 nitrogen and oxygen atoms in total. The molecule has 0 spiro atoms. The van der Waals surface area contributed by atoms with Crippen LogP contribution >= 0.6 is 0 Å². The Morgan fingerprint density at radius 2 is 2.05 bits per heavy atom. The number of nitrogens with zero attached hydrogens (tertiary/aromatic N) is 1. The monoisotopic (exact) mass is 270 g/mol. The molecular formula is C16H15FN2O. The highest BCUT2D eigenvalue weighted by molar-refractivity contribution is 5.80. The molecule has 0 aliphatic rings. The molecule has 0 bridgehead atoms. The number of rotatable bonds is 3. The van der Waals surface area contributed by atoms with E-state index in [2.05, 4.69) is 0 Å². The van der Waals surface area contributed by atoms with E-state index < -0.39 is 0 Å². The van der Waals surface area contributed by atoms with Crippen LogP contribution < -0.4 is 10.5 Å². The standard InChI is InChI=1S/C16H15FN2O/c1-20-16-6-5-12(18)9-11(16)10-19-8-7-13-14(17)3-2-4-15(13)19/h2-9H,10,18H2,1H3. The van der Waals surface area contributed by atoms with Crippen molar-refractivity contribution in [2.75, 3.05) is 12.8 Å². The van der Waals surface area contributed by atoms with E-state index in [1.165, 1.54) is 6.07 Å². The van der Waals surface area contributed by atoms with Gasteiger partial charge >= 0.3 is 0 Å². The molecule has 0 amide bonds. The third kappa shape index (κ3) is 2.09. The zero-order chi connectivity index (χ0) is 14.1. The topological polar surface area (TPSA) is 40.2 Å². The van der Waals surface area contributed by atoms with Gasteiger partial charge < -0.3 is 15.0 Å². The highest BCUT2D eigenvalue weighted by Gasteiger charge is 2.08. The summed E-state index contributed by atoms with van der Waals surface area (Å²) in [6, 6.07) is 12.4. The van der Waals surface area contributed by atoms with Crippen LogP contribution in [0.5, 0.6) is 5.75 Å². The highest BCUT2D eigenvalue weighted by atomic mass is 19.1. The van der Waals surface area contributed by atoms with Crippen LogP contribution in [0.4, 0.5) is 10.1 Å². The van der Waals surface area contributed by atoms with Crippen molar-refractivity contribution < 1.29 is 9.13 Å². The third-order valence-electron chi connectivity index (χ3n) is 3.41. The van der Waals surface area contributed by atoms with Crippen molar-refractivity contribution in [3.05, 3.63) is 60.0 Å². The summed E-state index contributed by atoms with van der Waals surface area (Å²) in [5.74, 6) is 0.568. The lowest BCUT2D eigenvalue weighted by molar-refractivity contribution is 0.408. The molecule has 0 unspecified atom stereocenters. The lowest BCUT2D eigenvalue weighted by Crippen LogP contribution is -2.01. The number of ether oxygens (including phenoxy) is 1. The molecule has 3 rings (SSSR count). The summed E-state index contributed by atoms with van der Waals surface area (Å²) in [7, 11) is 1.63. The van der Waals surface area contributed by atoms with E-state index in [1.807, 2.05) is 29.0 Å². The first kappa shape index (κ1) is 12.5. The number of methoxy groups -OCH3 is 1. The maximum absolute atomic E-state index is 13.7. The number of halogens is 1. The molecule has 0 fully saturated rings. The largest absolute Gasteiger partial charge is 0.496 e. The second kappa shape index (κ2) is 4.89. The van der Waals surface area contributed by atoms with Gasteiger partial charge in [-0.15, -0.1) is 0 Å². The van der Waals surface area contributed by atoms with Crippen molar-refractivity contribution >= 4 is 16.6 Å². The number of nitrogen functional groups attached to an aromatic ring is 1. The fourth-order valence-corrected chi connectivity index (χ4v) is 2.43. The molecule has 0 radical (unpaired) electrons. The number of fused-ring (bicyclic) bond motifs is 1. The minimum absolute atomic E-state index is 0.208. The molecule has 0 aliphatic carbocycles. The molecule has 0 saturated heterocycles. The summed E-state index contributed by atoms with van der Waals surface area (Å²) in [6.45, 7) is 0.584. The first-order valence-corrected chi connectivity index (χ1v) is 6.35. The molecule has 102 valence electrons. The van der Waals surface area contributed by atoms with E-state index in [0.717, 1.165) is 16.8 Å². The van der Waals surface area contributed by atoms with Gasteiger partial charge in [-0.25, -0.2) is 4.39 Å². The Bertz CT molecular complexity index is 764. The lowest BCUT2D eigenvalue weighted by atomic mass is 10.1. The van der Waals surface area contributed by atoms with Crippen LogP contribution in [-0.2, 0) is 6.54 Å². The van der Waals surface area contributed by atoms with E-state index in [0.29, 0.717) is 17.6 Å². The Morgan fingerprint density at radius 3 is 2.85 bits per heavy atom. The van der Waals surface area contributed by atoms with Crippen LogP contribution in [0.2, 0.25) is 0 Å². The van der Waals surface area contributed by atoms with Crippen molar-refractivity contribution in [1.82, 2.24) is 4.57 Å². The Labute approximate surface area is 116 Å². The summed E-state index contributed by atoms with van der Waals surface area (Å²) < 4.78 is 21.0. The van der Waals surface area contributed by atoms with Crippen LogP contribution in [0.3, 0.4) is 0 Å². The van der Waals surface area contributed by atoms with Crippen molar-refractivity contribution in [3.63, 3.8) is 0 Å². The molecule has 0 aliphatic heterocycles. The smallest absolute Gasteiger partial charge is 0.132 e. The number of nitrogens with two attached hydrogens (primary N) is 1. The Morgan fingerprint density at radius 1 is 1.20 bits per heavy atom. The van der Waals surface area contributed by atoms with Crippen LogP contribution in [-0.4, -0.2) is 11.7 Å². The maximum Gasteiger partial charge on any atom is 0.132 e. The summed E-state index contributed by atoms with van der Waals surface area (Å²) in [5, 5.41) is 0.621. The highest BCUT2D eigenvalue weighted by Crippen LogP contribution is 2.25. The van der Waals surface area contributed by atoms with Crippen LogP contribution in [0.1, 0.15) is 5.56 Å². The molecule has 4 heteroatoms. The first-order chi connectivity index (χ1) is 9.69.